The van der Waals surface area contributed by atoms with Gasteiger partial charge >= 0.3 is 0 Å². The molecule has 1 aromatic rings. The molecule has 1 amide bonds. The van der Waals surface area contributed by atoms with Gasteiger partial charge < -0.3 is 5.32 Å². The summed E-state index contributed by atoms with van der Waals surface area (Å²) < 4.78 is 0. The normalized spacial score (nSPS) is 13.8. The lowest BCUT2D eigenvalue weighted by molar-refractivity contribution is -0.115. The second kappa shape index (κ2) is 4.84. The number of ketones is 2. The highest BCUT2D eigenvalue weighted by Crippen LogP contribution is 2.28. The van der Waals surface area contributed by atoms with Crippen molar-refractivity contribution in [3.63, 3.8) is 0 Å². The van der Waals surface area contributed by atoms with Crippen molar-refractivity contribution in [1.82, 2.24) is 5.32 Å². The van der Waals surface area contributed by atoms with Crippen LogP contribution in [0.3, 0.4) is 0 Å². The fraction of sp³-hybridized carbons (Fsp3) is 0.214. The number of nitrogens with one attached hydrogen (secondary N) is 1. The van der Waals surface area contributed by atoms with E-state index < -0.39 is 11.8 Å². The lowest BCUT2D eigenvalue weighted by Crippen LogP contribution is -2.16. The molecule has 1 aromatic carbocycles. The lowest BCUT2D eigenvalue weighted by Gasteiger charge is -1.99. The van der Waals surface area contributed by atoms with Gasteiger partial charge in [0, 0.05) is 24.6 Å². The van der Waals surface area contributed by atoms with Crippen molar-refractivity contribution in [2.45, 2.75) is 6.42 Å². The maximum Gasteiger partial charge on any atom is 0.295 e. The largest absolute Gasteiger partial charge is 0.348 e. The Bertz CT molecular complexity index is 558. The Morgan fingerprint density at radius 2 is 1.78 bits per heavy atom. The number of carbonyl (C=O) groups is 3. The summed E-state index contributed by atoms with van der Waals surface area (Å²) in [5.74, 6) is 3.29. The lowest BCUT2D eigenvalue weighted by atomic mass is 10.0. The van der Waals surface area contributed by atoms with Crippen molar-refractivity contribution in [1.29, 1.82) is 0 Å². The van der Waals surface area contributed by atoms with Crippen LogP contribution in [0, 0.1) is 17.8 Å². The molecule has 1 aliphatic rings. The molecule has 0 bridgehead atoms. The maximum absolute atomic E-state index is 12.0. The fourth-order valence-electron chi connectivity index (χ4n) is 1.89. The molecule has 90 valence electrons. The van der Waals surface area contributed by atoms with Gasteiger partial charge in [-0.15, -0.1) is 0 Å². The van der Waals surface area contributed by atoms with Crippen molar-refractivity contribution in [2.24, 2.45) is 5.92 Å². The molecule has 4 nitrogen and oxygen atoms in total. The van der Waals surface area contributed by atoms with Crippen LogP contribution in [0.1, 0.15) is 27.1 Å². The zero-order valence-electron chi connectivity index (χ0n) is 9.82. The summed E-state index contributed by atoms with van der Waals surface area (Å²) in [6.45, 7) is 0. The third-order valence-corrected chi connectivity index (χ3v) is 2.83. The minimum absolute atomic E-state index is 0.0831. The van der Waals surface area contributed by atoms with E-state index in [9.17, 15) is 14.4 Å². The molecular weight excluding hydrogens is 230 g/mol. The summed E-state index contributed by atoms with van der Waals surface area (Å²) in [5, 5.41) is 2.35. The number of hydrogen-bond acceptors (Lipinski definition) is 3. The summed E-state index contributed by atoms with van der Waals surface area (Å²) in [5.41, 5.74) is 0.906. The maximum atomic E-state index is 12.0. The number of carbonyl (C=O) groups excluding carboxylic acids is 3. The molecule has 0 saturated carbocycles. The van der Waals surface area contributed by atoms with Gasteiger partial charge in [0.05, 0.1) is 5.92 Å². The first-order chi connectivity index (χ1) is 8.65. The standard InChI is InChI=1S/C14H11NO3/c1-15-12(16)8-4-7-11-13(17)9-5-2-3-6-10(9)14(11)18/h2-3,5-6,11H,7H2,1H3,(H,15,16). The number of benzene rings is 1. The zero-order valence-corrected chi connectivity index (χ0v) is 9.82. The van der Waals surface area contributed by atoms with Crippen molar-refractivity contribution in [2.75, 3.05) is 7.05 Å². The van der Waals surface area contributed by atoms with Crippen molar-refractivity contribution < 1.29 is 14.4 Å². The molecule has 0 spiro atoms. The Hall–Kier alpha value is -2.41. The van der Waals surface area contributed by atoms with E-state index in [0.29, 0.717) is 11.1 Å². The summed E-state index contributed by atoms with van der Waals surface area (Å²) in [6.07, 6.45) is 0.0831. The summed E-state index contributed by atoms with van der Waals surface area (Å²) >= 11 is 0. The quantitative estimate of drug-likeness (QED) is 0.585. The van der Waals surface area contributed by atoms with E-state index in [-0.39, 0.29) is 18.0 Å². The predicted octanol–water partition coefficient (Wildman–Crippen LogP) is 0.821. The van der Waals surface area contributed by atoms with Crippen LogP contribution in [-0.2, 0) is 4.79 Å². The predicted molar refractivity (Wildman–Crippen MR) is 65.1 cm³/mol. The van der Waals surface area contributed by atoms with Crippen LogP contribution in [-0.4, -0.2) is 24.5 Å². The molecule has 2 rings (SSSR count). The average molecular weight is 241 g/mol. The number of rotatable bonds is 1. The minimum Gasteiger partial charge on any atom is -0.348 e. The monoisotopic (exact) mass is 241 g/mol. The van der Waals surface area contributed by atoms with E-state index in [4.69, 9.17) is 0 Å². The Kier molecular flexibility index (Phi) is 3.24. The number of hydrogen-bond donors (Lipinski definition) is 1. The number of Topliss-reactive ketones (excluding diaryl/α,β-unsaturated/α-hetero) is 2. The molecule has 0 atom stereocenters. The minimum atomic E-state index is -0.764. The van der Waals surface area contributed by atoms with Crippen LogP contribution >= 0.6 is 0 Å². The topological polar surface area (TPSA) is 63.2 Å². The molecule has 0 heterocycles. The second-order valence-corrected chi connectivity index (χ2v) is 3.91. The molecular formula is C14H11NO3. The molecule has 1 aliphatic carbocycles. The van der Waals surface area contributed by atoms with Gasteiger partial charge in [0.2, 0.25) is 0 Å². The van der Waals surface area contributed by atoms with Gasteiger partial charge in [-0.1, -0.05) is 30.2 Å². The molecule has 0 fully saturated rings. The molecule has 0 unspecified atom stereocenters. The van der Waals surface area contributed by atoms with Crippen molar-refractivity contribution >= 4 is 17.5 Å². The van der Waals surface area contributed by atoms with Gasteiger partial charge in [-0.2, -0.15) is 0 Å². The van der Waals surface area contributed by atoms with Gasteiger partial charge in [0.1, 0.15) is 0 Å². The molecule has 4 heteroatoms. The van der Waals surface area contributed by atoms with Crippen LogP contribution < -0.4 is 5.32 Å². The molecule has 1 N–H and O–H groups in total. The summed E-state index contributed by atoms with van der Waals surface area (Å²) in [6, 6.07) is 6.73. The number of fused-ring (bicyclic) bond motifs is 1. The van der Waals surface area contributed by atoms with Gasteiger partial charge in [0.25, 0.3) is 5.91 Å². The van der Waals surface area contributed by atoms with Gasteiger partial charge in [-0.05, 0) is 5.92 Å². The average Bonchev–Trinajstić information content (AvgIpc) is 2.64. The Morgan fingerprint density at radius 3 is 2.28 bits per heavy atom. The van der Waals surface area contributed by atoms with E-state index >= 15 is 0 Å². The third kappa shape index (κ3) is 2.03. The molecule has 0 aliphatic heterocycles. The van der Waals surface area contributed by atoms with E-state index in [1.54, 1.807) is 24.3 Å². The van der Waals surface area contributed by atoms with Gasteiger partial charge in [-0.3, -0.25) is 14.4 Å². The van der Waals surface area contributed by atoms with E-state index in [1.807, 2.05) is 0 Å². The smallest absolute Gasteiger partial charge is 0.295 e. The number of amides is 1. The fourth-order valence-corrected chi connectivity index (χ4v) is 1.89. The Morgan fingerprint density at radius 1 is 1.22 bits per heavy atom. The first kappa shape index (κ1) is 12.1. The highest BCUT2D eigenvalue weighted by atomic mass is 16.2. The second-order valence-electron chi connectivity index (χ2n) is 3.91. The van der Waals surface area contributed by atoms with Gasteiger partial charge in [-0.25, -0.2) is 0 Å². The molecule has 0 aromatic heterocycles. The van der Waals surface area contributed by atoms with Gasteiger partial charge in [0.15, 0.2) is 11.6 Å². The highest BCUT2D eigenvalue weighted by molar-refractivity contribution is 6.26. The van der Waals surface area contributed by atoms with Crippen molar-refractivity contribution in [3.05, 3.63) is 35.4 Å². The third-order valence-electron chi connectivity index (χ3n) is 2.83. The van der Waals surface area contributed by atoms with Crippen LogP contribution in [0.4, 0.5) is 0 Å². The SMILES string of the molecule is CNC(=O)C#CCC1C(=O)c2ccccc2C1=O. The molecule has 0 saturated heterocycles. The zero-order chi connectivity index (χ0) is 13.1. The summed E-state index contributed by atoms with van der Waals surface area (Å²) in [4.78, 5) is 34.8. The first-order valence-electron chi connectivity index (χ1n) is 5.53. The van der Waals surface area contributed by atoms with E-state index in [2.05, 4.69) is 17.2 Å². The summed E-state index contributed by atoms with van der Waals surface area (Å²) in [7, 11) is 1.47. The molecule has 0 radical (unpaired) electrons. The van der Waals surface area contributed by atoms with Crippen molar-refractivity contribution in [3.8, 4) is 11.8 Å². The first-order valence-corrected chi connectivity index (χ1v) is 5.53. The Labute approximate surface area is 104 Å². The highest BCUT2D eigenvalue weighted by Gasteiger charge is 2.37. The van der Waals surface area contributed by atoms with Crippen LogP contribution in [0.2, 0.25) is 0 Å². The van der Waals surface area contributed by atoms with Crippen LogP contribution in [0.25, 0.3) is 0 Å². The Balaban J connectivity index is 2.18. The van der Waals surface area contributed by atoms with E-state index in [1.165, 1.54) is 7.05 Å². The van der Waals surface area contributed by atoms with Crippen LogP contribution in [0.5, 0.6) is 0 Å². The van der Waals surface area contributed by atoms with Crippen LogP contribution in [0.15, 0.2) is 24.3 Å². The molecule has 18 heavy (non-hydrogen) atoms. The van der Waals surface area contributed by atoms with E-state index in [0.717, 1.165) is 0 Å².